The van der Waals surface area contributed by atoms with Crippen LogP contribution in [-0.4, -0.2) is 31.7 Å². The lowest BCUT2D eigenvalue weighted by Crippen LogP contribution is -2.25. The quantitative estimate of drug-likeness (QED) is 0.153. The van der Waals surface area contributed by atoms with E-state index in [1.807, 2.05) is 42.5 Å². The molecule has 35 heavy (non-hydrogen) atoms. The normalized spacial score (nSPS) is 10.8. The fourth-order valence-electron chi connectivity index (χ4n) is 3.40. The van der Waals surface area contributed by atoms with Gasteiger partial charge in [-0.2, -0.15) is 5.10 Å². The van der Waals surface area contributed by atoms with E-state index in [9.17, 15) is 9.59 Å². The number of anilines is 1. The van der Waals surface area contributed by atoms with Gasteiger partial charge < -0.3 is 14.8 Å². The molecule has 0 fully saturated rings. The third-order valence-corrected chi connectivity index (χ3v) is 5.45. The van der Waals surface area contributed by atoms with Crippen LogP contribution in [0.2, 0.25) is 5.02 Å². The second kappa shape index (κ2) is 11.2. The first kappa shape index (κ1) is 23.8. The van der Waals surface area contributed by atoms with E-state index in [0.717, 1.165) is 16.5 Å². The molecule has 0 radical (unpaired) electrons. The number of hydrogen-bond acceptors (Lipinski definition) is 6. The molecule has 176 valence electrons. The Bertz CT molecular complexity index is 1400. The number of carbonyl (C=O) groups is 2. The van der Waals surface area contributed by atoms with Gasteiger partial charge in [0.25, 0.3) is 5.91 Å². The SMILES string of the molecule is COc1cc(C=NNC(=O)CNc2cccc3ccccc23)ccc1OC(=O)c1ccccc1Cl. The Labute approximate surface area is 207 Å². The lowest BCUT2D eigenvalue weighted by molar-refractivity contribution is -0.119. The summed E-state index contributed by atoms with van der Waals surface area (Å²) in [6.45, 7) is 0.0611. The molecule has 4 rings (SSSR count). The van der Waals surface area contributed by atoms with Crippen LogP contribution in [0.4, 0.5) is 5.69 Å². The molecule has 4 aromatic rings. The molecule has 7 nitrogen and oxygen atoms in total. The number of hydrazone groups is 1. The van der Waals surface area contributed by atoms with E-state index in [-0.39, 0.29) is 23.8 Å². The maximum atomic E-state index is 12.4. The molecule has 0 unspecified atom stereocenters. The number of ether oxygens (including phenoxy) is 2. The monoisotopic (exact) mass is 487 g/mol. The van der Waals surface area contributed by atoms with Crippen LogP contribution in [0, 0.1) is 0 Å². The van der Waals surface area contributed by atoms with Crippen molar-refractivity contribution in [1.82, 2.24) is 5.43 Å². The van der Waals surface area contributed by atoms with Gasteiger partial charge in [0.1, 0.15) is 0 Å². The van der Waals surface area contributed by atoms with Crippen molar-refractivity contribution >= 4 is 46.2 Å². The Morgan fingerprint density at radius 3 is 2.54 bits per heavy atom. The average molecular weight is 488 g/mol. The van der Waals surface area contributed by atoms with Crippen molar-refractivity contribution in [3.05, 3.63) is 101 Å². The molecular formula is C27H22ClN3O4. The zero-order chi connectivity index (χ0) is 24.6. The number of benzene rings is 4. The van der Waals surface area contributed by atoms with Crippen molar-refractivity contribution in [3.8, 4) is 11.5 Å². The maximum absolute atomic E-state index is 12.4. The second-order valence-corrected chi connectivity index (χ2v) is 7.86. The van der Waals surface area contributed by atoms with E-state index >= 15 is 0 Å². The van der Waals surface area contributed by atoms with Gasteiger partial charge in [-0.1, -0.05) is 60.1 Å². The molecule has 0 saturated heterocycles. The first-order valence-electron chi connectivity index (χ1n) is 10.7. The van der Waals surface area contributed by atoms with E-state index in [1.165, 1.54) is 13.3 Å². The van der Waals surface area contributed by atoms with Crippen molar-refractivity contribution in [3.63, 3.8) is 0 Å². The minimum absolute atomic E-state index is 0.0611. The summed E-state index contributed by atoms with van der Waals surface area (Å²) in [6.07, 6.45) is 1.47. The second-order valence-electron chi connectivity index (χ2n) is 7.45. The summed E-state index contributed by atoms with van der Waals surface area (Å²) < 4.78 is 10.8. The molecule has 0 bridgehead atoms. The topological polar surface area (TPSA) is 89.0 Å². The number of esters is 1. The molecule has 0 aliphatic carbocycles. The first-order chi connectivity index (χ1) is 17.0. The summed E-state index contributed by atoms with van der Waals surface area (Å²) in [5, 5.41) is 9.55. The van der Waals surface area contributed by atoms with Crippen LogP contribution in [0.1, 0.15) is 15.9 Å². The molecule has 8 heteroatoms. The Morgan fingerprint density at radius 2 is 1.71 bits per heavy atom. The van der Waals surface area contributed by atoms with Crippen LogP contribution in [-0.2, 0) is 4.79 Å². The van der Waals surface area contributed by atoms with E-state index in [2.05, 4.69) is 15.8 Å². The molecule has 0 atom stereocenters. The standard InChI is InChI=1S/C27H22ClN3O4/c1-34-25-15-18(13-14-24(25)35-27(33)21-10-4-5-11-22(21)28)16-30-31-26(32)17-29-23-12-6-8-19-7-2-3-9-20(19)23/h2-16,29H,17H2,1H3,(H,31,32). The van der Waals surface area contributed by atoms with Crippen molar-refractivity contribution in [2.24, 2.45) is 5.10 Å². The van der Waals surface area contributed by atoms with E-state index in [0.29, 0.717) is 16.3 Å². The van der Waals surface area contributed by atoms with E-state index < -0.39 is 5.97 Å². The van der Waals surface area contributed by atoms with Gasteiger partial charge in [-0.25, -0.2) is 10.2 Å². The molecule has 0 aliphatic rings. The Balaban J connectivity index is 1.35. The van der Waals surface area contributed by atoms with Crippen molar-refractivity contribution in [2.75, 3.05) is 19.0 Å². The van der Waals surface area contributed by atoms with Gasteiger partial charge in [-0.05, 0) is 47.3 Å². The summed E-state index contributed by atoms with van der Waals surface area (Å²) in [7, 11) is 1.46. The van der Waals surface area contributed by atoms with Crippen LogP contribution < -0.4 is 20.2 Å². The van der Waals surface area contributed by atoms with Gasteiger partial charge in [0, 0.05) is 11.1 Å². The zero-order valence-corrected chi connectivity index (χ0v) is 19.6. The minimum atomic E-state index is -0.596. The van der Waals surface area contributed by atoms with Gasteiger partial charge in [0.15, 0.2) is 11.5 Å². The molecule has 4 aromatic carbocycles. The highest BCUT2D eigenvalue weighted by molar-refractivity contribution is 6.33. The highest BCUT2D eigenvalue weighted by Crippen LogP contribution is 2.29. The summed E-state index contributed by atoms with van der Waals surface area (Å²) in [6, 6.07) is 25.3. The number of carbonyl (C=O) groups excluding carboxylic acids is 2. The van der Waals surface area contributed by atoms with Crippen LogP contribution in [0.25, 0.3) is 10.8 Å². The van der Waals surface area contributed by atoms with Gasteiger partial charge in [0.2, 0.25) is 0 Å². The fraction of sp³-hybridized carbons (Fsp3) is 0.0741. The third-order valence-electron chi connectivity index (χ3n) is 5.12. The fourth-order valence-corrected chi connectivity index (χ4v) is 3.62. The number of rotatable bonds is 8. The van der Waals surface area contributed by atoms with E-state index in [1.54, 1.807) is 42.5 Å². The van der Waals surface area contributed by atoms with Crippen molar-refractivity contribution < 1.29 is 19.1 Å². The Morgan fingerprint density at radius 1 is 0.943 bits per heavy atom. The lowest BCUT2D eigenvalue weighted by Gasteiger charge is -2.10. The highest BCUT2D eigenvalue weighted by atomic mass is 35.5. The maximum Gasteiger partial charge on any atom is 0.345 e. The first-order valence-corrected chi connectivity index (χ1v) is 11.1. The van der Waals surface area contributed by atoms with E-state index in [4.69, 9.17) is 21.1 Å². The largest absolute Gasteiger partial charge is 0.493 e. The highest BCUT2D eigenvalue weighted by Gasteiger charge is 2.15. The number of amides is 1. The predicted molar refractivity (Wildman–Crippen MR) is 138 cm³/mol. The number of halogens is 1. The number of hydrogen-bond donors (Lipinski definition) is 2. The molecular weight excluding hydrogens is 466 g/mol. The van der Waals surface area contributed by atoms with Crippen LogP contribution >= 0.6 is 11.6 Å². The molecule has 0 aromatic heterocycles. The van der Waals surface area contributed by atoms with Crippen molar-refractivity contribution in [1.29, 1.82) is 0 Å². The molecule has 0 spiro atoms. The predicted octanol–water partition coefficient (Wildman–Crippen LogP) is 5.28. The number of methoxy groups -OCH3 is 1. The summed E-state index contributed by atoms with van der Waals surface area (Å²) in [4.78, 5) is 24.7. The average Bonchev–Trinajstić information content (AvgIpc) is 2.88. The summed E-state index contributed by atoms with van der Waals surface area (Å²) >= 11 is 6.06. The Kier molecular flexibility index (Phi) is 7.60. The molecule has 0 saturated carbocycles. The number of fused-ring (bicyclic) bond motifs is 1. The molecule has 0 aliphatic heterocycles. The smallest absolute Gasteiger partial charge is 0.345 e. The van der Waals surface area contributed by atoms with Crippen molar-refractivity contribution in [2.45, 2.75) is 0 Å². The van der Waals surface area contributed by atoms with Crippen LogP contribution in [0.3, 0.4) is 0 Å². The molecule has 2 N–H and O–H groups in total. The van der Waals surface area contributed by atoms with Crippen LogP contribution in [0.5, 0.6) is 11.5 Å². The summed E-state index contributed by atoms with van der Waals surface area (Å²) in [5.74, 6) is -0.330. The summed E-state index contributed by atoms with van der Waals surface area (Å²) in [5.41, 5.74) is 4.25. The van der Waals surface area contributed by atoms with Gasteiger partial charge in [-0.15, -0.1) is 0 Å². The molecule has 1 amide bonds. The number of nitrogens with zero attached hydrogens (tertiary/aromatic N) is 1. The minimum Gasteiger partial charge on any atom is -0.493 e. The van der Waals surface area contributed by atoms with Gasteiger partial charge in [0.05, 0.1) is 30.5 Å². The van der Waals surface area contributed by atoms with Gasteiger partial charge in [-0.3, -0.25) is 4.79 Å². The zero-order valence-electron chi connectivity index (χ0n) is 18.8. The van der Waals surface area contributed by atoms with Crippen LogP contribution in [0.15, 0.2) is 90.0 Å². The number of nitrogens with one attached hydrogen (secondary N) is 2. The lowest BCUT2D eigenvalue weighted by atomic mass is 10.1. The van der Waals surface area contributed by atoms with Gasteiger partial charge >= 0.3 is 5.97 Å². The molecule has 0 heterocycles. The third kappa shape index (κ3) is 5.96. The Hall–Kier alpha value is -4.36.